The first-order chi connectivity index (χ1) is 16.3. The molecule has 0 aliphatic rings. The van der Waals surface area contributed by atoms with Gasteiger partial charge in [-0.2, -0.15) is 0 Å². The lowest BCUT2D eigenvalue weighted by molar-refractivity contribution is 0.102. The molecule has 174 valence electrons. The Morgan fingerprint density at radius 1 is 1.06 bits per heavy atom. The highest BCUT2D eigenvalue weighted by Gasteiger charge is 2.16. The fraction of sp³-hybridized carbons (Fsp3) is 0.0909. The van der Waals surface area contributed by atoms with Gasteiger partial charge in [0, 0.05) is 23.5 Å². The lowest BCUT2D eigenvalue weighted by Gasteiger charge is -2.09. The second-order valence-electron chi connectivity index (χ2n) is 7.02. The minimum Gasteiger partial charge on any atom is -0.360 e. The molecule has 2 aromatic carbocycles. The van der Waals surface area contributed by atoms with Gasteiger partial charge in [-0.1, -0.05) is 16.9 Å². The third kappa shape index (κ3) is 5.97. The van der Waals surface area contributed by atoms with E-state index in [0.717, 1.165) is 11.8 Å². The van der Waals surface area contributed by atoms with Crippen molar-refractivity contribution in [1.82, 2.24) is 15.1 Å². The number of nitrogens with one attached hydrogen (secondary N) is 2. The highest BCUT2D eigenvalue weighted by Crippen LogP contribution is 2.22. The van der Waals surface area contributed by atoms with Crippen LogP contribution < -0.4 is 10.0 Å². The van der Waals surface area contributed by atoms with Crippen molar-refractivity contribution in [2.75, 3.05) is 15.8 Å². The van der Waals surface area contributed by atoms with E-state index in [4.69, 9.17) is 4.52 Å². The van der Waals surface area contributed by atoms with Gasteiger partial charge in [0.25, 0.3) is 10.0 Å². The fourth-order valence-corrected chi connectivity index (χ4v) is 4.51. The molecule has 0 fully saturated rings. The summed E-state index contributed by atoms with van der Waals surface area (Å²) in [6.07, 6.45) is 1.54. The van der Waals surface area contributed by atoms with E-state index < -0.39 is 15.8 Å². The molecule has 0 saturated heterocycles. The molecule has 0 radical (unpaired) electrons. The van der Waals surface area contributed by atoms with E-state index >= 15 is 0 Å². The number of aryl methyl sites for hydroxylation is 1. The Balaban J connectivity index is 1.38. The number of halogens is 1. The summed E-state index contributed by atoms with van der Waals surface area (Å²) in [5.41, 5.74) is 1.01. The molecule has 0 spiro atoms. The van der Waals surface area contributed by atoms with Gasteiger partial charge in [0.1, 0.15) is 17.4 Å². The molecular formula is C22H18FN5O4S2. The minimum atomic E-state index is -3.82. The number of benzene rings is 2. The second-order valence-corrected chi connectivity index (χ2v) is 9.65. The molecule has 2 heterocycles. The van der Waals surface area contributed by atoms with Crippen molar-refractivity contribution in [3.8, 4) is 0 Å². The summed E-state index contributed by atoms with van der Waals surface area (Å²) in [6.45, 7) is 1.66. The molecule has 0 aliphatic carbocycles. The summed E-state index contributed by atoms with van der Waals surface area (Å²) >= 11 is 1.15. The van der Waals surface area contributed by atoms with Crippen molar-refractivity contribution >= 4 is 44.9 Å². The number of Topliss-reactive ketones (excluding diaryl/α,β-unsaturated/α-hetero) is 1. The van der Waals surface area contributed by atoms with Crippen LogP contribution in [0.5, 0.6) is 0 Å². The second kappa shape index (κ2) is 10.0. The smallest absolute Gasteiger partial charge is 0.263 e. The maximum Gasteiger partial charge on any atom is 0.263 e. The van der Waals surface area contributed by atoms with Crippen LogP contribution >= 0.6 is 11.8 Å². The van der Waals surface area contributed by atoms with Crippen LogP contribution in [0.15, 0.2) is 81.4 Å². The molecule has 0 atom stereocenters. The third-order valence-corrected chi connectivity index (χ3v) is 6.67. The molecular weight excluding hydrogens is 481 g/mol. The van der Waals surface area contributed by atoms with Gasteiger partial charge in [0.15, 0.2) is 16.8 Å². The predicted molar refractivity (Wildman–Crippen MR) is 125 cm³/mol. The molecule has 0 aliphatic heterocycles. The highest BCUT2D eigenvalue weighted by molar-refractivity contribution is 7.99. The number of hydrogen-bond donors (Lipinski definition) is 2. The van der Waals surface area contributed by atoms with Gasteiger partial charge in [0.05, 0.1) is 10.6 Å². The van der Waals surface area contributed by atoms with Crippen molar-refractivity contribution in [2.24, 2.45) is 0 Å². The first kappa shape index (κ1) is 23.4. The van der Waals surface area contributed by atoms with Gasteiger partial charge >= 0.3 is 0 Å². The van der Waals surface area contributed by atoms with Crippen LogP contribution in [-0.4, -0.2) is 35.1 Å². The van der Waals surface area contributed by atoms with E-state index in [0.29, 0.717) is 28.0 Å². The van der Waals surface area contributed by atoms with Crippen molar-refractivity contribution in [1.29, 1.82) is 0 Å². The first-order valence-electron chi connectivity index (χ1n) is 9.86. The number of nitrogens with zero attached hydrogens (tertiary/aromatic N) is 3. The van der Waals surface area contributed by atoms with Crippen molar-refractivity contribution < 1.29 is 22.1 Å². The zero-order valence-corrected chi connectivity index (χ0v) is 19.4. The fourth-order valence-electron chi connectivity index (χ4n) is 2.81. The molecule has 12 heteroatoms. The summed E-state index contributed by atoms with van der Waals surface area (Å²) in [7, 11) is -3.82. The largest absolute Gasteiger partial charge is 0.360 e. The molecule has 0 unspecified atom stereocenters. The monoisotopic (exact) mass is 499 g/mol. The maximum atomic E-state index is 13.0. The van der Waals surface area contributed by atoms with Crippen LogP contribution in [0.25, 0.3) is 0 Å². The first-order valence-corrected chi connectivity index (χ1v) is 12.3. The molecule has 9 nitrogen and oxygen atoms in total. The number of anilines is 3. The lowest BCUT2D eigenvalue weighted by Crippen LogP contribution is -2.13. The van der Waals surface area contributed by atoms with Gasteiger partial charge in [-0.3, -0.25) is 9.52 Å². The van der Waals surface area contributed by atoms with Gasteiger partial charge in [-0.15, -0.1) is 0 Å². The zero-order chi connectivity index (χ0) is 24.1. The summed E-state index contributed by atoms with van der Waals surface area (Å²) in [4.78, 5) is 20.8. The maximum absolute atomic E-state index is 13.0. The average Bonchev–Trinajstić information content (AvgIpc) is 3.22. The van der Waals surface area contributed by atoms with Gasteiger partial charge in [0.2, 0.25) is 0 Å². The Labute approximate surface area is 198 Å². The molecule has 2 aromatic heterocycles. The number of sulfonamides is 1. The quantitative estimate of drug-likeness (QED) is 0.195. The van der Waals surface area contributed by atoms with Crippen LogP contribution in [0.1, 0.15) is 16.1 Å². The number of ketones is 1. The Morgan fingerprint density at radius 3 is 2.47 bits per heavy atom. The molecule has 0 amide bonds. The van der Waals surface area contributed by atoms with E-state index in [-0.39, 0.29) is 22.2 Å². The Bertz CT molecular complexity index is 1410. The number of thioether (sulfide) groups is 1. The van der Waals surface area contributed by atoms with Crippen LogP contribution in [0.3, 0.4) is 0 Å². The molecule has 2 N–H and O–H groups in total. The van der Waals surface area contributed by atoms with E-state index in [1.54, 1.807) is 31.3 Å². The lowest BCUT2D eigenvalue weighted by atomic mass is 10.1. The summed E-state index contributed by atoms with van der Waals surface area (Å²) < 4.78 is 45.2. The Kier molecular flexibility index (Phi) is 6.89. The predicted octanol–water partition coefficient (Wildman–Crippen LogP) is 4.43. The van der Waals surface area contributed by atoms with Crippen LogP contribution in [0.2, 0.25) is 0 Å². The average molecular weight is 500 g/mol. The van der Waals surface area contributed by atoms with Gasteiger partial charge in [-0.25, -0.2) is 22.8 Å². The summed E-state index contributed by atoms with van der Waals surface area (Å²) in [5, 5.41) is 7.07. The topological polar surface area (TPSA) is 127 Å². The van der Waals surface area contributed by atoms with E-state index in [1.807, 2.05) is 0 Å². The van der Waals surface area contributed by atoms with Gasteiger partial charge < -0.3 is 9.84 Å². The number of carbonyl (C=O) groups excluding carboxylic acids is 1. The van der Waals surface area contributed by atoms with Crippen molar-refractivity contribution in [2.45, 2.75) is 17.0 Å². The molecule has 0 saturated carbocycles. The van der Waals surface area contributed by atoms with E-state index in [9.17, 15) is 17.6 Å². The molecule has 4 rings (SSSR count). The third-order valence-electron chi connectivity index (χ3n) is 4.44. The number of rotatable bonds is 9. The molecule has 34 heavy (non-hydrogen) atoms. The molecule has 4 aromatic rings. The van der Waals surface area contributed by atoms with Gasteiger partial charge in [-0.05, 0) is 61.5 Å². The standard InChI is InChI=1S/C22H18FN5O4S2/c1-14-12-21(27-32-14)28-34(30,31)18-8-6-17(7-9-18)25-20-10-11-24-22(26-20)33-13-19(29)15-2-4-16(23)5-3-15/h2-12H,13H2,1H3,(H,27,28)(H,24,25,26). The zero-order valence-electron chi connectivity index (χ0n) is 17.7. The van der Waals surface area contributed by atoms with Crippen LogP contribution in [0, 0.1) is 12.7 Å². The minimum absolute atomic E-state index is 0.0527. The SMILES string of the molecule is Cc1cc(NS(=O)(=O)c2ccc(Nc3ccnc(SCC(=O)c4ccc(F)cc4)n3)cc2)no1. The van der Waals surface area contributed by atoms with Crippen molar-refractivity contribution in [3.05, 3.63) is 84.0 Å². The Morgan fingerprint density at radius 2 is 1.79 bits per heavy atom. The number of carbonyl (C=O) groups is 1. The molecule has 0 bridgehead atoms. The number of hydrogen-bond acceptors (Lipinski definition) is 9. The van der Waals surface area contributed by atoms with E-state index in [1.165, 1.54) is 42.5 Å². The summed E-state index contributed by atoms with van der Waals surface area (Å²) in [6, 6.07) is 14.5. The number of aromatic nitrogens is 3. The summed E-state index contributed by atoms with van der Waals surface area (Å²) in [5.74, 6) is 0.581. The van der Waals surface area contributed by atoms with E-state index in [2.05, 4.69) is 25.2 Å². The van der Waals surface area contributed by atoms with Crippen LogP contribution in [-0.2, 0) is 10.0 Å². The highest BCUT2D eigenvalue weighted by atomic mass is 32.2. The normalized spacial score (nSPS) is 11.2. The Hall–Kier alpha value is -3.77. The van der Waals surface area contributed by atoms with Crippen molar-refractivity contribution in [3.63, 3.8) is 0 Å². The van der Waals surface area contributed by atoms with Crippen LogP contribution in [0.4, 0.5) is 21.7 Å².